The number of methoxy groups -OCH3 is 4. The van der Waals surface area contributed by atoms with Crippen LogP contribution in [0.25, 0.3) is 22.4 Å². The van der Waals surface area contributed by atoms with E-state index in [0.29, 0.717) is 51.9 Å². The van der Waals surface area contributed by atoms with Gasteiger partial charge in [-0.15, -0.1) is 0 Å². The molecule has 48 heavy (non-hydrogen) atoms. The van der Waals surface area contributed by atoms with E-state index in [0.717, 1.165) is 5.56 Å². The van der Waals surface area contributed by atoms with Gasteiger partial charge in [0.25, 0.3) is 0 Å². The van der Waals surface area contributed by atoms with E-state index in [9.17, 15) is 19.2 Å². The predicted octanol–water partition coefficient (Wildman–Crippen LogP) is 1.75. The van der Waals surface area contributed by atoms with E-state index in [1.54, 1.807) is 24.3 Å². The van der Waals surface area contributed by atoms with Gasteiger partial charge in [-0.1, -0.05) is 6.07 Å². The summed E-state index contributed by atoms with van der Waals surface area (Å²) in [6.07, 6.45) is -0.320. The van der Waals surface area contributed by atoms with Crippen molar-refractivity contribution in [1.82, 2.24) is 9.69 Å². The number of aliphatic carboxylic acids is 1. The number of nitrogens with zero attached hydrogens (tertiary/aromatic N) is 2. The van der Waals surface area contributed by atoms with Crippen molar-refractivity contribution in [3.63, 3.8) is 0 Å². The molecule has 0 aliphatic carbocycles. The minimum absolute atomic E-state index is 0.122. The van der Waals surface area contributed by atoms with Crippen LogP contribution in [0, 0.1) is 0 Å². The SMILES string of the molecule is COc1ccc(-c2csnc2-c2cc(OC)c(OC)c(OC)c2)cc1NC(=O)[C@H](CCCN=C(N)N)NC(=O)CCC(=O)C(N)C(=O)O. The average molecular weight is 686 g/mol. The largest absolute Gasteiger partial charge is 0.495 e. The molecule has 0 saturated carbocycles. The van der Waals surface area contributed by atoms with Crippen LogP contribution in [0.3, 0.4) is 0 Å². The number of nitrogens with two attached hydrogens (primary N) is 3. The molecule has 0 saturated heterocycles. The molecule has 3 aromatic rings. The van der Waals surface area contributed by atoms with E-state index in [1.165, 1.54) is 40.0 Å². The molecule has 3 rings (SSSR count). The first-order valence-electron chi connectivity index (χ1n) is 14.5. The van der Waals surface area contributed by atoms with E-state index in [4.69, 9.17) is 41.3 Å². The quantitative estimate of drug-likeness (QED) is 0.0484. The maximum atomic E-state index is 13.6. The molecule has 16 nitrogen and oxygen atoms in total. The molecule has 0 fully saturated rings. The second-order valence-corrected chi connectivity index (χ2v) is 10.9. The molecule has 2 aromatic carbocycles. The summed E-state index contributed by atoms with van der Waals surface area (Å²) in [5.74, 6) is -1.97. The number of carboxylic acids is 1. The lowest BCUT2D eigenvalue weighted by Crippen LogP contribution is -2.44. The number of ketones is 1. The average Bonchev–Trinajstić information content (AvgIpc) is 3.57. The van der Waals surface area contributed by atoms with Gasteiger partial charge in [-0.3, -0.25) is 24.2 Å². The fourth-order valence-electron chi connectivity index (χ4n) is 4.63. The summed E-state index contributed by atoms with van der Waals surface area (Å²) >= 11 is 1.24. The molecule has 2 atom stereocenters. The first-order chi connectivity index (χ1) is 22.9. The second-order valence-electron chi connectivity index (χ2n) is 10.2. The topological polar surface area (TPSA) is 253 Å². The van der Waals surface area contributed by atoms with Gasteiger partial charge >= 0.3 is 5.97 Å². The molecular weight excluding hydrogens is 646 g/mol. The number of guanidine groups is 1. The molecule has 0 aliphatic heterocycles. The third-order valence-corrected chi connectivity index (χ3v) is 7.71. The number of Topliss-reactive ketones (excluding diaryl/α,β-unsaturated/α-hetero) is 1. The zero-order chi connectivity index (χ0) is 35.4. The Balaban J connectivity index is 1.89. The van der Waals surface area contributed by atoms with Gasteiger partial charge in [0.1, 0.15) is 11.8 Å². The van der Waals surface area contributed by atoms with E-state index in [1.807, 2.05) is 11.4 Å². The number of hydrogen-bond acceptors (Lipinski definition) is 12. The highest BCUT2D eigenvalue weighted by molar-refractivity contribution is 7.04. The van der Waals surface area contributed by atoms with E-state index in [-0.39, 0.29) is 25.3 Å². The standard InChI is InChI=1S/C31H39N7O9S/c1-44-22-9-7-16(18-15-48-38-27(18)17-13-23(45-2)28(47-4)24(14-17)46-3)12-20(22)37-29(41)19(6-5-11-35-31(33)34)36-25(40)10-8-21(39)26(32)30(42)43/h7,9,12-15,19,26H,5-6,8,10-11,32H2,1-4H3,(H,36,40)(H,37,41)(H,42,43)(H4,33,34,35)/t19-,26?/m0/s1. The first kappa shape index (κ1) is 37.0. The summed E-state index contributed by atoms with van der Waals surface area (Å²) in [7, 11) is 6.01. The van der Waals surface area contributed by atoms with Gasteiger partial charge in [-0.2, -0.15) is 4.37 Å². The first-order valence-corrected chi connectivity index (χ1v) is 15.4. The number of aliphatic imine (C=N–C) groups is 1. The number of carboxylic acid groups (broad SMARTS) is 1. The summed E-state index contributed by atoms with van der Waals surface area (Å²) in [5.41, 5.74) is 19.2. The van der Waals surface area contributed by atoms with Crippen LogP contribution in [0.15, 0.2) is 40.7 Å². The van der Waals surface area contributed by atoms with Crippen molar-refractivity contribution in [1.29, 1.82) is 0 Å². The van der Waals surface area contributed by atoms with Crippen LogP contribution < -0.4 is 46.8 Å². The van der Waals surface area contributed by atoms with Crippen molar-refractivity contribution in [3.05, 3.63) is 35.7 Å². The van der Waals surface area contributed by atoms with Crippen molar-refractivity contribution in [3.8, 4) is 45.4 Å². The maximum Gasteiger partial charge on any atom is 0.328 e. The van der Waals surface area contributed by atoms with Crippen molar-refractivity contribution in [2.24, 2.45) is 22.2 Å². The van der Waals surface area contributed by atoms with Gasteiger partial charge in [0.2, 0.25) is 17.6 Å². The number of amides is 2. The molecule has 9 N–H and O–H groups in total. The predicted molar refractivity (Wildman–Crippen MR) is 180 cm³/mol. The third-order valence-electron chi connectivity index (χ3n) is 7.08. The van der Waals surface area contributed by atoms with Crippen molar-refractivity contribution < 1.29 is 43.2 Å². The molecule has 0 spiro atoms. The normalized spacial score (nSPS) is 11.9. The smallest absolute Gasteiger partial charge is 0.328 e. The Hall–Kier alpha value is -5.42. The summed E-state index contributed by atoms with van der Waals surface area (Å²) in [5, 5.41) is 16.2. The number of carbonyl (C=O) groups excluding carboxylic acids is 3. The van der Waals surface area contributed by atoms with Gasteiger partial charge < -0.3 is 51.9 Å². The van der Waals surface area contributed by atoms with Crippen LogP contribution in [0.4, 0.5) is 5.69 Å². The fourth-order valence-corrected chi connectivity index (χ4v) is 5.34. The number of aromatic nitrogens is 1. The molecule has 0 radical (unpaired) electrons. The molecular formula is C31H39N7O9S. The van der Waals surface area contributed by atoms with Crippen LogP contribution in [-0.4, -0.2) is 86.1 Å². The Morgan fingerprint density at radius 3 is 2.19 bits per heavy atom. The fraction of sp³-hybridized carbons (Fsp3) is 0.355. The van der Waals surface area contributed by atoms with Crippen molar-refractivity contribution in [2.45, 2.75) is 37.8 Å². The Morgan fingerprint density at radius 1 is 0.938 bits per heavy atom. The van der Waals surface area contributed by atoms with E-state index in [2.05, 4.69) is 20.0 Å². The molecule has 1 unspecified atom stereocenters. The summed E-state index contributed by atoms with van der Waals surface area (Å²) in [6.45, 7) is 0.196. The number of hydrogen-bond donors (Lipinski definition) is 6. The number of anilines is 1. The zero-order valence-corrected chi connectivity index (χ0v) is 27.7. The van der Waals surface area contributed by atoms with Gasteiger partial charge in [0, 0.05) is 35.9 Å². The number of benzene rings is 2. The Bertz CT molecular complexity index is 1630. The summed E-state index contributed by atoms with van der Waals surface area (Å²) in [6, 6.07) is 5.96. The molecule has 1 heterocycles. The highest BCUT2D eigenvalue weighted by Crippen LogP contribution is 2.44. The number of nitrogens with one attached hydrogen (secondary N) is 2. The van der Waals surface area contributed by atoms with Crippen LogP contribution in [0.5, 0.6) is 23.0 Å². The van der Waals surface area contributed by atoms with Gasteiger partial charge in [-0.25, -0.2) is 0 Å². The lowest BCUT2D eigenvalue weighted by Gasteiger charge is -2.20. The molecule has 17 heteroatoms. The highest BCUT2D eigenvalue weighted by Gasteiger charge is 2.25. The van der Waals surface area contributed by atoms with E-state index >= 15 is 0 Å². The molecule has 0 bridgehead atoms. The highest BCUT2D eigenvalue weighted by atomic mass is 32.1. The van der Waals surface area contributed by atoms with Crippen LogP contribution in [0.2, 0.25) is 0 Å². The van der Waals surface area contributed by atoms with Crippen LogP contribution >= 0.6 is 11.5 Å². The van der Waals surface area contributed by atoms with Gasteiger partial charge in [-0.05, 0) is 54.2 Å². The molecule has 0 aliphatic rings. The second kappa shape index (κ2) is 17.5. The van der Waals surface area contributed by atoms with Gasteiger partial charge in [0.05, 0.1) is 39.8 Å². The van der Waals surface area contributed by atoms with Crippen LogP contribution in [0.1, 0.15) is 25.7 Å². The van der Waals surface area contributed by atoms with Crippen molar-refractivity contribution in [2.75, 3.05) is 40.3 Å². The Morgan fingerprint density at radius 2 is 1.60 bits per heavy atom. The molecule has 2 amide bonds. The Labute approximate surface area is 280 Å². The number of ether oxygens (including phenoxy) is 4. The maximum absolute atomic E-state index is 13.6. The lowest BCUT2D eigenvalue weighted by atomic mass is 10.0. The Kier molecular flexibility index (Phi) is 13.5. The summed E-state index contributed by atoms with van der Waals surface area (Å²) < 4.78 is 26.6. The number of carbonyl (C=O) groups is 4. The lowest BCUT2D eigenvalue weighted by molar-refractivity contribution is -0.142. The summed E-state index contributed by atoms with van der Waals surface area (Å²) in [4.78, 5) is 53.2. The molecule has 258 valence electrons. The third kappa shape index (κ3) is 9.55. The zero-order valence-electron chi connectivity index (χ0n) is 26.9. The van der Waals surface area contributed by atoms with Crippen LogP contribution in [-0.2, 0) is 19.2 Å². The van der Waals surface area contributed by atoms with Gasteiger partial charge in [0.15, 0.2) is 29.3 Å². The number of rotatable bonds is 18. The monoisotopic (exact) mass is 685 g/mol. The van der Waals surface area contributed by atoms with E-state index < -0.39 is 42.1 Å². The van der Waals surface area contributed by atoms with Crippen molar-refractivity contribution >= 4 is 46.7 Å². The minimum Gasteiger partial charge on any atom is -0.495 e. The minimum atomic E-state index is -1.75. The molecule has 1 aromatic heterocycles.